The number of fused-ring (bicyclic) bond motifs is 1. The van der Waals surface area contributed by atoms with Crippen LogP contribution in [0.4, 0.5) is 17.1 Å². The molecule has 3 aromatic carbocycles. The van der Waals surface area contributed by atoms with Gasteiger partial charge in [-0.3, -0.25) is 14.5 Å². The number of benzene rings is 3. The Kier molecular flexibility index (Phi) is 7.01. The third-order valence-corrected chi connectivity index (χ3v) is 7.30. The summed E-state index contributed by atoms with van der Waals surface area (Å²) in [6, 6.07) is 24.5. The van der Waals surface area contributed by atoms with E-state index in [9.17, 15) is 19.5 Å². The van der Waals surface area contributed by atoms with E-state index in [0.29, 0.717) is 29.8 Å². The molecule has 0 radical (unpaired) electrons. The van der Waals surface area contributed by atoms with Gasteiger partial charge in [-0.25, -0.2) is 0 Å². The number of hydrogen-bond donors (Lipinski definition) is 1. The van der Waals surface area contributed by atoms with Crippen LogP contribution in [0.5, 0.6) is 0 Å². The lowest BCUT2D eigenvalue weighted by Gasteiger charge is -2.35. The van der Waals surface area contributed by atoms with Crippen LogP contribution in [0.25, 0.3) is 0 Å². The van der Waals surface area contributed by atoms with Gasteiger partial charge in [0.2, 0.25) is 5.91 Å². The van der Waals surface area contributed by atoms with Crippen molar-refractivity contribution in [2.24, 2.45) is 0 Å². The third kappa shape index (κ3) is 4.92. The van der Waals surface area contributed by atoms with Crippen molar-refractivity contribution in [2.75, 3.05) is 29.2 Å². The van der Waals surface area contributed by atoms with Crippen LogP contribution in [-0.4, -0.2) is 31.8 Å². The number of para-hydroxylation sites is 2. The van der Waals surface area contributed by atoms with E-state index in [1.54, 1.807) is 4.90 Å². The number of nitrogens with zero attached hydrogens (tertiary/aromatic N) is 2. The summed E-state index contributed by atoms with van der Waals surface area (Å²) < 4.78 is 0. The molecular formula is C31H30N3O4-. The first-order valence-corrected chi connectivity index (χ1v) is 12.8. The second kappa shape index (κ2) is 10.5. The lowest BCUT2D eigenvalue weighted by molar-refractivity contribution is -0.305. The normalized spacial score (nSPS) is 18.7. The van der Waals surface area contributed by atoms with Gasteiger partial charge in [-0.2, -0.15) is 0 Å². The molecule has 1 aliphatic carbocycles. The van der Waals surface area contributed by atoms with Crippen LogP contribution in [0.2, 0.25) is 0 Å². The standard InChI is InChI=1S/C31H31N3O4/c1-33(2)23-14-12-20(13-15-23)22-18-25-30(27(35)19-22)31(21-8-4-3-5-9-21)34(28(36)16-17-29(37)38)26-11-7-6-10-24(26)32-25/h3-15,22,31-32H,16-19H2,1-2H3,(H,37,38)/p-1/t22-,31+/m0/s1. The van der Waals surface area contributed by atoms with Crippen molar-refractivity contribution in [1.29, 1.82) is 0 Å². The van der Waals surface area contributed by atoms with Gasteiger partial charge in [-0.1, -0.05) is 54.6 Å². The lowest BCUT2D eigenvalue weighted by atomic mass is 9.78. The Morgan fingerprint density at radius 3 is 2.26 bits per heavy atom. The molecule has 2 aliphatic rings. The second-order valence-electron chi connectivity index (χ2n) is 10.00. The molecule has 1 amide bonds. The van der Waals surface area contributed by atoms with Gasteiger partial charge in [0.1, 0.15) is 0 Å². The number of rotatable bonds is 6. The van der Waals surface area contributed by atoms with E-state index >= 15 is 0 Å². The summed E-state index contributed by atoms with van der Waals surface area (Å²) in [7, 11) is 3.99. The van der Waals surface area contributed by atoms with Crippen LogP contribution in [0, 0.1) is 0 Å². The van der Waals surface area contributed by atoms with Gasteiger partial charge in [0.15, 0.2) is 5.78 Å². The maximum absolute atomic E-state index is 14.0. The molecule has 0 saturated heterocycles. The van der Waals surface area contributed by atoms with Crippen LogP contribution in [0.3, 0.4) is 0 Å². The number of aliphatic carboxylic acids is 1. The molecule has 194 valence electrons. The summed E-state index contributed by atoms with van der Waals surface area (Å²) in [6.45, 7) is 0. The molecule has 0 bridgehead atoms. The molecule has 0 aromatic heterocycles. The Balaban J connectivity index is 1.62. The number of carboxylic acids is 1. The monoisotopic (exact) mass is 508 g/mol. The van der Waals surface area contributed by atoms with Gasteiger partial charge >= 0.3 is 0 Å². The van der Waals surface area contributed by atoms with Crippen LogP contribution in [0.1, 0.15) is 48.8 Å². The maximum atomic E-state index is 14.0. The lowest BCUT2D eigenvalue weighted by Crippen LogP contribution is -2.39. The summed E-state index contributed by atoms with van der Waals surface area (Å²) in [5, 5.41) is 14.7. The zero-order chi connectivity index (χ0) is 26.8. The Morgan fingerprint density at radius 2 is 1.58 bits per heavy atom. The van der Waals surface area contributed by atoms with E-state index < -0.39 is 18.4 Å². The first kappa shape index (κ1) is 25.3. The predicted octanol–water partition coefficient (Wildman–Crippen LogP) is 4.18. The fourth-order valence-corrected chi connectivity index (χ4v) is 5.43. The van der Waals surface area contributed by atoms with Crippen LogP contribution in [0.15, 0.2) is 90.1 Å². The Hall–Kier alpha value is -4.39. The minimum absolute atomic E-state index is 0.00566. The first-order valence-electron chi connectivity index (χ1n) is 12.8. The highest BCUT2D eigenvalue weighted by molar-refractivity contribution is 6.06. The summed E-state index contributed by atoms with van der Waals surface area (Å²) in [4.78, 5) is 42.4. The number of allylic oxidation sites excluding steroid dienone is 1. The van der Waals surface area contributed by atoms with E-state index in [1.165, 1.54) is 0 Å². The zero-order valence-corrected chi connectivity index (χ0v) is 21.5. The van der Waals surface area contributed by atoms with Crippen LogP contribution < -0.4 is 20.2 Å². The maximum Gasteiger partial charge on any atom is 0.228 e. The highest BCUT2D eigenvalue weighted by Gasteiger charge is 2.41. The van der Waals surface area contributed by atoms with Crippen molar-refractivity contribution in [1.82, 2.24) is 0 Å². The number of ketones is 1. The first-order chi connectivity index (χ1) is 18.3. The molecule has 0 unspecified atom stereocenters. The number of anilines is 3. The predicted molar refractivity (Wildman–Crippen MR) is 146 cm³/mol. The number of carbonyl (C=O) groups is 3. The highest BCUT2D eigenvalue weighted by atomic mass is 16.4. The van der Waals surface area contributed by atoms with Crippen molar-refractivity contribution in [3.05, 3.63) is 101 Å². The van der Waals surface area contributed by atoms with E-state index in [2.05, 4.69) is 29.6 Å². The molecule has 0 saturated carbocycles. The van der Waals surface area contributed by atoms with Gasteiger partial charge in [-0.15, -0.1) is 0 Å². The molecule has 1 N–H and O–H groups in total. The smallest absolute Gasteiger partial charge is 0.228 e. The summed E-state index contributed by atoms with van der Waals surface area (Å²) in [5.41, 5.74) is 5.63. The van der Waals surface area contributed by atoms with Gasteiger partial charge in [0.25, 0.3) is 0 Å². The minimum atomic E-state index is -1.28. The average Bonchev–Trinajstić information content (AvgIpc) is 3.07. The van der Waals surface area contributed by atoms with Crippen molar-refractivity contribution >= 4 is 34.7 Å². The Morgan fingerprint density at radius 1 is 0.895 bits per heavy atom. The highest BCUT2D eigenvalue weighted by Crippen LogP contribution is 2.47. The minimum Gasteiger partial charge on any atom is -0.550 e. The molecule has 5 rings (SSSR count). The fourth-order valence-electron chi connectivity index (χ4n) is 5.43. The molecule has 0 spiro atoms. The summed E-state index contributed by atoms with van der Waals surface area (Å²) in [6.07, 6.45) is 0.318. The average molecular weight is 509 g/mol. The summed E-state index contributed by atoms with van der Waals surface area (Å²) in [5.74, 6) is -1.69. The van der Waals surface area contributed by atoms with E-state index in [0.717, 1.165) is 22.5 Å². The number of carbonyl (C=O) groups excluding carboxylic acids is 3. The number of Topliss-reactive ketones (excluding diaryl/α,β-unsaturated/α-hetero) is 1. The SMILES string of the molecule is CN(C)c1ccc([C@@H]2CC(=O)C3=C(C2)Nc2ccccc2N(C(=O)CCC(=O)[O-])[C@@H]3c2ccccc2)cc1. The number of carboxylic acid groups (broad SMARTS) is 1. The fraction of sp³-hybridized carbons (Fsp3) is 0.258. The largest absolute Gasteiger partial charge is 0.550 e. The molecule has 1 aliphatic heterocycles. The van der Waals surface area contributed by atoms with Crippen molar-refractivity contribution in [3.8, 4) is 0 Å². The van der Waals surface area contributed by atoms with Gasteiger partial charge in [-0.05, 0) is 54.2 Å². The number of amides is 1. The van der Waals surface area contributed by atoms with Gasteiger partial charge in [0, 0.05) is 49.9 Å². The Bertz CT molecular complexity index is 1400. The van der Waals surface area contributed by atoms with Crippen LogP contribution >= 0.6 is 0 Å². The quantitative estimate of drug-likeness (QED) is 0.537. The van der Waals surface area contributed by atoms with Crippen molar-refractivity contribution in [2.45, 2.75) is 37.6 Å². The van der Waals surface area contributed by atoms with Crippen molar-refractivity contribution < 1.29 is 19.5 Å². The molecule has 7 nitrogen and oxygen atoms in total. The van der Waals surface area contributed by atoms with E-state index in [1.807, 2.05) is 73.6 Å². The molecule has 38 heavy (non-hydrogen) atoms. The zero-order valence-electron chi connectivity index (χ0n) is 21.5. The topological polar surface area (TPSA) is 92.8 Å². The van der Waals surface area contributed by atoms with Crippen LogP contribution in [-0.2, 0) is 14.4 Å². The third-order valence-electron chi connectivity index (χ3n) is 7.30. The summed E-state index contributed by atoms with van der Waals surface area (Å²) >= 11 is 0. The number of hydrogen-bond acceptors (Lipinski definition) is 6. The molecule has 3 aromatic rings. The van der Waals surface area contributed by atoms with Crippen molar-refractivity contribution in [3.63, 3.8) is 0 Å². The molecule has 7 heteroatoms. The number of nitrogens with one attached hydrogen (secondary N) is 1. The second-order valence-corrected chi connectivity index (χ2v) is 10.00. The molecule has 0 fully saturated rings. The Labute approximate surface area is 222 Å². The molecule has 2 atom stereocenters. The van der Waals surface area contributed by atoms with E-state index in [-0.39, 0.29) is 24.0 Å². The van der Waals surface area contributed by atoms with Gasteiger partial charge in [0.05, 0.1) is 17.4 Å². The van der Waals surface area contributed by atoms with E-state index in [4.69, 9.17) is 0 Å². The molecular weight excluding hydrogens is 478 g/mol. The van der Waals surface area contributed by atoms with Gasteiger partial charge < -0.3 is 20.1 Å². The molecule has 1 heterocycles.